The molecule has 2 bridgehead atoms. The minimum atomic E-state index is 0.809. The van der Waals surface area contributed by atoms with E-state index in [1.165, 1.54) is 41.5 Å². The largest absolute Gasteiger partial charge is 0.368 e. The molecule has 0 spiro atoms. The number of fused-ring (bicyclic) bond motifs is 2. The van der Waals surface area contributed by atoms with Gasteiger partial charge in [-0.25, -0.2) is 0 Å². The summed E-state index contributed by atoms with van der Waals surface area (Å²) in [6.07, 6.45) is 4.25. The Bertz CT molecular complexity index is 405. The topological polar surface area (TPSA) is 3.24 Å². The number of hydrogen-bond donors (Lipinski definition) is 0. The summed E-state index contributed by atoms with van der Waals surface area (Å²) in [6.45, 7) is 1.27. The van der Waals surface area contributed by atoms with Crippen molar-refractivity contribution in [1.29, 1.82) is 0 Å². The quantitative estimate of drug-likeness (QED) is 0.721. The van der Waals surface area contributed by atoms with E-state index in [0.29, 0.717) is 0 Å². The first-order chi connectivity index (χ1) is 7.78. The fraction of sp³-hybridized carbons (Fsp3) is 0.538. The highest BCUT2D eigenvalue weighted by atomic mass is 79.9. The molecule has 2 aliphatic rings. The van der Waals surface area contributed by atoms with Gasteiger partial charge >= 0.3 is 0 Å². The Hall–Kier alpha value is -0.0200. The molecule has 0 N–H and O–H groups in total. The zero-order valence-corrected chi connectivity index (χ0v) is 12.3. The summed E-state index contributed by atoms with van der Waals surface area (Å²) in [6, 6.07) is 7.47. The SMILES string of the molecule is BrCc1cc(Br)ccc1N1CC2CCC1C2. The number of benzene rings is 1. The summed E-state index contributed by atoms with van der Waals surface area (Å²) < 4.78 is 1.18. The van der Waals surface area contributed by atoms with Crippen LogP contribution < -0.4 is 4.90 Å². The molecule has 1 aliphatic carbocycles. The molecule has 3 heteroatoms. The molecule has 2 fully saturated rings. The van der Waals surface area contributed by atoms with Crippen LogP contribution in [0.25, 0.3) is 0 Å². The second-order valence-electron chi connectivity index (χ2n) is 4.89. The van der Waals surface area contributed by atoms with E-state index < -0.39 is 0 Å². The maximum absolute atomic E-state index is 3.60. The molecular formula is C13H15Br2N. The van der Waals surface area contributed by atoms with Crippen molar-refractivity contribution in [3.05, 3.63) is 28.2 Å². The third-order valence-electron chi connectivity index (χ3n) is 3.90. The van der Waals surface area contributed by atoms with Crippen molar-refractivity contribution < 1.29 is 0 Å². The molecule has 1 nitrogen and oxygen atoms in total. The molecular weight excluding hydrogens is 330 g/mol. The number of nitrogens with zero attached hydrogens (tertiary/aromatic N) is 1. The molecule has 0 amide bonds. The molecule has 86 valence electrons. The van der Waals surface area contributed by atoms with Crippen LogP contribution in [0.3, 0.4) is 0 Å². The molecule has 2 unspecified atom stereocenters. The molecule has 1 saturated carbocycles. The van der Waals surface area contributed by atoms with Crippen LogP contribution in [-0.4, -0.2) is 12.6 Å². The van der Waals surface area contributed by atoms with Crippen LogP contribution in [0.15, 0.2) is 22.7 Å². The highest BCUT2D eigenvalue weighted by Gasteiger charge is 2.38. The summed E-state index contributed by atoms with van der Waals surface area (Å²) in [4.78, 5) is 2.62. The summed E-state index contributed by atoms with van der Waals surface area (Å²) in [5, 5.41) is 0.940. The summed E-state index contributed by atoms with van der Waals surface area (Å²) >= 11 is 7.14. The first-order valence-corrected chi connectivity index (χ1v) is 7.80. The number of alkyl halides is 1. The van der Waals surface area contributed by atoms with Crippen LogP contribution in [0.4, 0.5) is 5.69 Å². The van der Waals surface area contributed by atoms with Gasteiger partial charge < -0.3 is 4.90 Å². The normalized spacial score (nSPS) is 27.8. The Morgan fingerprint density at radius 1 is 1.31 bits per heavy atom. The fourth-order valence-corrected chi connectivity index (χ4v) is 4.02. The van der Waals surface area contributed by atoms with Gasteiger partial charge in [0.05, 0.1) is 0 Å². The van der Waals surface area contributed by atoms with Crippen molar-refractivity contribution in [2.45, 2.75) is 30.6 Å². The van der Waals surface area contributed by atoms with Crippen LogP contribution >= 0.6 is 31.9 Å². The van der Waals surface area contributed by atoms with Gasteiger partial charge in [-0.2, -0.15) is 0 Å². The second kappa shape index (κ2) is 4.34. The Balaban J connectivity index is 1.94. The van der Waals surface area contributed by atoms with Gasteiger partial charge in [0, 0.05) is 28.1 Å². The van der Waals surface area contributed by atoms with Crippen LogP contribution in [0.1, 0.15) is 24.8 Å². The molecule has 1 aliphatic heterocycles. The average molecular weight is 345 g/mol. The van der Waals surface area contributed by atoms with Gasteiger partial charge in [0.1, 0.15) is 0 Å². The predicted molar refractivity (Wildman–Crippen MR) is 75.2 cm³/mol. The lowest BCUT2D eigenvalue weighted by molar-refractivity contribution is 0.553. The minimum absolute atomic E-state index is 0.809. The van der Waals surface area contributed by atoms with Crippen LogP contribution in [0.5, 0.6) is 0 Å². The van der Waals surface area contributed by atoms with Crippen molar-refractivity contribution in [3.8, 4) is 0 Å². The van der Waals surface area contributed by atoms with E-state index in [2.05, 4.69) is 55.0 Å². The van der Waals surface area contributed by atoms with Gasteiger partial charge in [0.25, 0.3) is 0 Å². The monoisotopic (exact) mass is 343 g/mol. The summed E-state index contributed by atoms with van der Waals surface area (Å²) in [7, 11) is 0. The average Bonchev–Trinajstić information content (AvgIpc) is 2.90. The maximum Gasteiger partial charge on any atom is 0.0410 e. The Kier molecular flexibility index (Phi) is 3.01. The van der Waals surface area contributed by atoms with Gasteiger partial charge in [-0.1, -0.05) is 31.9 Å². The van der Waals surface area contributed by atoms with Gasteiger partial charge in [0.2, 0.25) is 0 Å². The molecule has 0 aromatic heterocycles. The lowest BCUT2D eigenvalue weighted by Crippen LogP contribution is -2.32. The smallest absolute Gasteiger partial charge is 0.0410 e. The Labute approximate surface area is 113 Å². The van der Waals surface area contributed by atoms with Crippen molar-refractivity contribution in [2.24, 2.45) is 5.92 Å². The van der Waals surface area contributed by atoms with Crippen LogP contribution in [0, 0.1) is 5.92 Å². The highest BCUT2D eigenvalue weighted by Crippen LogP contribution is 2.41. The summed E-state index contributed by atoms with van der Waals surface area (Å²) in [5.41, 5.74) is 2.84. The molecule has 2 atom stereocenters. The van der Waals surface area contributed by atoms with E-state index in [-0.39, 0.29) is 0 Å². The van der Waals surface area contributed by atoms with Gasteiger partial charge in [-0.15, -0.1) is 0 Å². The lowest BCUT2D eigenvalue weighted by atomic mass is 10.1. The molecule has 1 aromatic carbocycles. The fourth-order valence-electron chi connectivity index (χ4n) is 3.16. The standard InChI is InChI=1S/C13H15Br2N/c14-7-10-6-11(15)2-4-13(10)16-8-9-1-3-12(16)5-9/h2,4,6,9,12H,1,3,5,7-8H2. The van der Waals surface area contributed by atoms with Crippen LogP contribution in [-0.2, 0) is 5.33 Å². The van der Waals surface area contributed by atoms with E-state index in [0.717, 1.165) is 17.3 Å². The number of halogens is 2. The minimum Gasteiger partial charge on any atom is -0.368 e. The van der Waals surface area contributed by atoms with Gasteiger partial charge in [0.15, 0.2) is 0 Å². The van der Waals surface area contributed by atoms with Crippen molar-refractivity contribution in [1.82, 2.24) is 0 Å². The maximum atomic E-state index is 3.60. The van der Waals surface area contributed by atoms with E-state index in [9.17, 15) is 0 Å². The van der Waals surface area contributed by atoms with Crippen molar-refractivity contribution >= 4 is 37.5 Å². The van der Waals surface area contributed by atoms with Crippen LogP contribution in [0.2, 0.25) is 0 Å². The third-order valence-corrected chi connectivity index (χ3v) is 5.00. The zero-order chi connectivity index (χ0) is 11.1. The first-order valence-electron chi connectivity index (χ1n) is 5.89. The van der Waals surface area contributed by atoms with Crippen molar-refractivity contribution in [3.63, 3.8) is 0 Å². The zero-order valence-electron chi connectivity index (χ0n) is 9.13. The number of hydrogen-bond acceptors (Lipinski definition) is 1. The molecule has 1 aromatic rings. The molecule has 16 heavy (non-hydrogen) atoms. The number of anilines is 1. The van der Waals surface area contributed by atoms with E-state index in [1.807, 2.05) is 0 Å². The summed E-state index contributed by atoms with van der Waals surface area (Å²) in [5.74, 6) is 0.955. The van der Waals surface area contributed by atoms with Crippen molar-refractivity contribution in [2.75, 3.05) is 11.4 Å². The Morgan fingerprint density at radius 2 is 2.19 bits per heavy atom. The lowest BCUT2D eigenvalue weighted by Gasteiger charge is -2.31. The van der Waals surface area contributed by atoms with Gasteiger partial charge in [-0.05, 0) is 48.9 Å². The molecule has 0 radical (unpaired) electrons. The second-order valence-corrected chi connectivity index (χ2v) is 6.37. The predicted octanol–water partition coefficient (Wildman–Crippen LogP) is 4.33. The first kappa shape index (κ1) is 11.1. The third kappa shape index (κ3) is 1.82. The molecule has 3 rings (SSSR count). The van der Waals surface area contributed by atoms with E-state index >= 15 is 0 Å². The highest BCUT2D eigenvalue weighted by molar-refractivity contribution is 9.10. The van der Waals surface area contributed by atoms with E-state index in [4.69, 9.17) is 0 Å². The van der Waals surface area contributed by atoms with E-state index in [1.54, 1.807) is 0 Å². The molecule has 1 heterocycles. The number of rotatable bonds is 2. The molecule has 1 saturated heterocycles. The number of piperidine rings is 1. The Morgan fingerprint density at radius 3 is 2.81 bits per heavy atom. The van der Waals surface area contributed by atoms with Gasteiger partial charge in [-0.3, -0.25) is 0 Å².